The van der Waals surface area contributed by atoms with Crippen molar-refractivity contribution >= 4 is 28.4 Å². The van der Waals surface area contributed by atoms with Crippen LogP contribution in [-0.4, -0.2) is 41.4 Å². The lowest BCUT2D eigenvalue weighted by Gasteiger charge is -2.15. The van der Waals surface area contributed by atoms with E-state index in [0.717, 1.165) is 0 Å². The van der Waals surface area contributed by atoms with E-state index in [2.05, 4.69) is 4.98 Å². The van der Waals surface area contributed by atoms with Gasteiger partial charge < -0.3 is 14.2 Å². The van der Waals surface area contributed by atoms with Gasteiger partial charge in [0.15, 0.2) is 34.6 Å². The third-order valence-corrected chi connectivity index (χ3v) is 7.59. The molecule has 3 aromatic carbocycles. The molecular weight excluding hydrogens is 574 g/mol. The highest BCUT2D eigenvalue weighted by molar-refractivity contribution is 6.11. The summed E-state index contributed by atoms with van der Waals surface area (Å²) in [7, 11) is 1.47. The van der Waals surface area contributed by atoms with Crippen LogP contribution < -0.4 is 19.7 Å². The molecule has 1 aliphatic rings. The normalized spacial score (nSPS) is 13.3. The summed E-state index contributed by atoms with van der Waals surface area (Å²) in [4.78, 5) is 41.7. The largest absolute Gasteiger partial charge is 0.493 e. The van der Waals surface area contributed by atoms with Gasteiger partial charge in [0.2, 0.25) is 5.91 Å². The van der Waals surface area contributed by atoms with Gasteiger partial charge in [-0.2, -0.15) is 0 Å². The molecule has 44 heavy (non-hydrogen) atoms. The first kappa shape index (κ1) is 30.6. The van der Waals surface area contributed by atoms with Crippen LogP contribution in [0.25, 0.3) is 10.9 Å². The first-order valence-electron chi connectivity index (χ1n) is 14.0. The number of Topliss-reactive ketones (excluding diaryl/α,β-unsaturated/α-hetero) is 2. The Bertz CT molecular complexity index is 1700. The van der Waals surface area contributed by atoms with Crippen molar-refractivity contribution in [3.8, 4) is 23.0 Å². The topological polar surface area (TPSA) is 124 Å². The summed E-state index contributed by atoms with van der Waals surface area (Å²) in [6.07, 6.45) is 2.73. The van der Waals surface area contributed by atoms with Crippen molar-refractivity contribution in [3.63, 3.8) is 0 Å². The maximum Gasteiger partial charge on any atom is 0.243 e. The molecule has 2 N–H and O–H groups in total. The van der Waals surface area contributed by atoms with Crippen molar-refractivity contribution in [2.75, 3.05) is 13.7 Å². The van der Waals surface area contributed by atoms with E-state index in [9.17, 15) is 18.8 Å². The zero-order valence-corrected chi connectivity index (χ0v) is 23.9. The molecule has 0 spiro atoms. The van der Waals surface area contributed by atoms with Crippen molar-refractivity contribution in [1.82, 2.24) is 10.5 Å². The van der Waals surface area contributed by atoms with Crippen LogP contribution in [0.3, 0.4) is 0 Å². The van der Waals surface area contributed by atoms with Crippen molar-refractivity contribution in [2.45, 2.75) is 38.5 Å². The Hall–Kier alpha value is -4.90. The lowest BCUT2D eigenvalue weighted by Crippen LogP contribution is -2.28. The number of amides is 1. The SMILES string of the molecule is COc1cc2nccc(Oc3ccc(CC(=O)C4(C(=O)Cc5ccc(F)cc5)CC4)cc3F)c2cc1OCCCC(=O)NO. The first-order valence-corrected chi connectivity index (χ1v) is 14.0. The lowest BCUT2D eigenvalue weighted by molar-refractivity contribution is -0.134. The van der Waals surface area contributed by atoms with E-state index in [1.165, 1.54) is 49.7 Å². The second kappa shape index (κ2) is 13.2. The molecule has 0 aliphatic heterocycles. The van der Waals surface area contributed by atoms with Crippen LogP contribution in [0.4, 0.5) is 8.78 Å². The van der Waals surface area contributed by atoms with E-state index >= 15 is 4.39 Å². The van der Waals surface area contributed by atoms with Crippen molar-refractivity contribution in [3.05, 3.63) is 89.6 Å². The number of carbonyl (C=O) groups is 3. The van der Waals surface area contributed by atoms with Gasteiger partial charge in [0.1, 0.15) is 11.6 Å². The Labute approximate surface area is 251 Å². The number of halogens is 2. The fourth-order valence-corrected chi connectivity index (χ4v) is 4.97. The summed E-state index contributed by atoms with van der Waals surface area (Å²) in [6, 6.07) is 14.7. The summed E-state index contributed by atoms with van der Waals surface area (Å²) in [5, 5.41) is 9.16. The number of hydrogen-bond acceptors (Lipinski definition) is 8. The number of nitrogens with one attached hydrogen (secondary N) is 1. The average Bonchev–Trinajstić information content (AvgIpc) is 3.84. The number of ketones is 2. The Balaban J connectivity index is 1.28. The summed E-state index contributed by atoms with van der Waals surface area (Å²) < 4.78 is 45.5. The highest BCUT2D eigenvalue weighted by atomic mass is 19.1. The predicted molar refractivity (Wildman–Crippen MR) is 155 cm³/mol. The predicted octanol–water partition coefficient (Wildman–Crippen LogP) is 5.68. The van der Waals surface area contributed by atoms with Gasteiger partial charge in [-0.05, 0) is 66.8 Å². The Morgan fingerprint density at radius 1 is 0.886 bits per heavy atom. The quantitative estimate of drug-likeness (QED) is 0.0816. The molecular formula is C33H30F2N2O7. The summed E-state index contributed by atoms with van der Waals surface area (Å²) in [6.45, 7) is 0.166. The average molecular weight is 605 g/mol. The monoisotopic (exact) mass is 604 g/mol. The zero-order valence-electron chi connectivity index (χ0n) is 23.9. The van der Waals surface area contributed by atoms with E-state index < -0.39 is 23.0 Å². The highest BCUT2D eigenvalue weighted by Gasteiger charge is 2.54. The molecule has 0 radical (unpaired) electrons. The van der Waals surface area contributed by atoms with Crippen LogP contribution in [-0.2, 0) is 27.2 Å². The van der Waals surface area contributed by atoms with Crippen LogP contribution in [0.5, 0.6) is 23.0 Å². The zero-order chi connectivity index (χ0) is 31.3. The summed E-state index contributed by atoms with van der Waals surface area (Å²) in [5.74, 6) is -1.11. The number of aromatic nitrogens is 1. The third-order valence-electron chi connectivity index (χ3n) is 7.59. The lowest BCUT2D eigenvalue weighted by atomic mass is 9.88. The van der Waals surface area contributed by atoms with Crippen LogP contribution in [0.2, 0.25) is 0 Å². The van der Waals surface area contributed by atoms with Gasteiger partial charge in [-0.15, -0.1) is 0 Å². The van der Waals surface area contributed by atoms with E-state index in [1.54, 1.807) is 29.7 Å². The molecule has 1 heterocycles. The molecule has 1 aliphatic carbocycles. The summed E-state index contributed by atoms with van der Waals surface area (Å²) >= 11 is 0. The molecule has 1 aromatic heterocycles. The van der Waals surface area contributed by atoms with Crippen LogP contribution in [0.1, 0.15) is 36.8 Å². The van der Waals surface area contributed by atoms with Crippen molar-refractivity contribution in [2.24, 2.45) is 5.41 Å². The number of pyridine rings is 1. The number of nitrogens with zero attached hydrogens (tertiary/aromatic N) is 1. The number of methoxy groups -OCH3 is 1. The number of fused-ring (bicyclic) bond motifs is 1. The number of carbonyl (C=O) groups excluding carboxylic acids is 3. The van der Waals surface area contributed by atoms with E-state index in [4.69, 9.17) is 19.4 Å². The molecule has 0 unspecified atom stereocenters. The Kier molecular flexibility index (Phi) is 9.15. The molecule has 1 fully saturated rings. The van der Waals surface area contributed by atoms with Gasteiger partial charge in [0, 0.05) is 36.9 Å². The second-order valence-corrected chi connectivity index (χ2v) is 10.6. The number of rotatable bonds is 14. The maximum atomic E-state index is 15.2. The Morgan fingerprint density at radius 2 is 1.59 bits per heavy atom. The minimum absolute atomic E-state index is 0.0343. The molecule has 0 saturated heterocycles. The van der Waals surface area contributed by atoms with Gasteiger partial charge in [0.25, 0.3) is 0 Å². The van der Waals surface area contributed by atoms with E-state index in [0.29, 0.717) is 58.5 Å². The van der Waals surface area contributed by atoms with Gasteiger partial charge >= 0.3 is 0 Å². The van der Waals surface area contributed by atoms with Crippen LogP contribution in [0.15, 0.2) is 66.9 Å². The fraction of sp³-hybridized carbons (Fsp3) is 0.273. The minimum atomic E-state index is -1.08. The fourth-order valence-electron chi connectivity index (χ4n) is 4.97. The standard InChI is InChI=1S/C33H30F2N2O7/c1-42-28-19-25-23(18-29(28)43-14-2-3-32(40)37-41)26(10-13-36-25)44-27-9-6-21(15-24(27)35)17-31(39)33(11-12-33)30(38)16-20-4-7-22(34)8-5-20/h4-10,13,15,18-19,41H,2-3,11-12,14,16-17H2,1H3,(H,37,40). The molecule has 5 rings (SSSR count). The first-order chi connectivity index (χ1) is 21.2. The Morgan fingerprint density at radius 3 is 2.25 bits per heavy atom. The van der Waals surface area contributed by atoms with Gasteiger partial charge in [-0.25, -0.2) is 14.3 Å². The van der Waals surface area contributed by atoms with Crippen LogP contribution in [0, 0.1) is 17.0 Å². The second-order valence-electron chi connectivity index (χ2n) is 10.6. The van der Waals surface area contributed by atoms with Crippen molar-refractivity contribution < 1.29 is 42.6 Å². The molecule has 1 amide bonds. The number of benzene rings is 3. The smallest absolute Gasteiger partial charge is 0.243 e. The van der Waals surface area contributed by atoms with Crippen LogP contribution >= 0.6 is 0 Å². The number of ether oxygens (including phenoxy) is 3. The van der Waals surface area contributed by atoms with Gasteiger partial charge in [0.05, 0.1) is 24.6 Å². The van der Waals surface area contributed by atoms with Gasteiger partial charge in [-0.1, -0.05) is 18.2 Å². The van der Waals surface area contributed by atoms with E-state index in [1.807, 2.05) is 0 Å². The molecule has 228 valence electrons. The minimum Gasteiger partial charge on any atom is -0.493 e. The molecule has 11 heteroatoms. The highest BCUT2D eigenvalue weighted by Crippen LogP contribution is 2.49. The van der Waals surface area contributed by atoms with Crippen molar-refractivity contribution in [1.29, 1.82) is 0 Å². The molecule has 1 saturated carbocycles. The summed E-state index contributed by atoms with van der Waals surface area (Å²) in [5.41, 5.74) is 2.04. The molecule has 0 atom stereocenters. The molecule has 0 bridgehead atoms. The number of hydroxylamine groups is 1. The molecule has 9 nitrogen and oxygen atoms in total. The molecule has 4 aromatic rings. The van der Waals surface area contributed by atoms with E-state index in [-0.39, 0.29) is 43.2 Å². The third kappa shape index (κ3) is 6.84. The maximum absolute atomic E-state index is 15.2. The van der Waals surface area contributed by atoms with Gasteiger partial charge in [-0.3, -0.25) is 24.6 Å². The number of hydrogen-bond donors (Lipinski definition) is 2.